The van der Waals surface area contributed by atoms with E-state index in [1.54, 1.807) is 0 Å². The average molecular weight is 208 g/mol. The Kier molecular flexibility index (Phi) is 3.99. The Morgan fingerprint density at radius 3 is 3.00 bits per heavy atom. The molecule has 0 bridgehead atoms. The van der Waals surface area contributed by atoms with Gasteiger partial charge in [0.25, 0.3) is 0 Å². The summed E-state index contributed by atoms with van der Waals surface area (Å²) in [7, 11) is 0. The van der Waals surface area contributed by atoms with Crippen LogP contribution in [0.25, 0.3) is 0 Å². The number of ether oxygens (including phenoxy) is 1. The zero-order valence-corrected chi connectivity index (χ0v) is 9.32. The van der Waals surface area contributed by atoms with Crippen molar-refractivity contribution in [2.45, 2.75) is 38.2 Å². The second kappa shape index (κ2) is 5.48. The summed E-state index contributed by atoms with van der Waals surface area (Å²) in [5.74, 6) is 0.602. The fourth-order valence-electron chi connectivity index (χ4n) is 2.69. The normalized spacial score (nSPS) is 32.7. The van der Waals surface area contributed by atoms with E-state index in [-0.39, 0.29) is 0 Å². The zero-order valence-electron chi connectivity index (χ0n) is 9.32. The van der Waals surface area contributed by atoms with Gasteiger partial charge in [0, 0.05) is 26.1 Å². The molecule has 0 saturated carbocycles. The van der Waals surface area contributed by atoms with E-state index < -0.39 is 0 Å². The van der Waals surface area contributed by atoms with Crippen LogP contribution in [-0.4, -0.2) is 37.2 Å². The van der Waals surface area contributed by atoms with E-state index >= 15 is 0 Å². The first-order chi connectivity index (χ1) is 7.38. The van der Waals surface area contributed by atoms with Crippen LogP contribution in [0.1, 0.15) is 32.1 Å². The highest BCUT2D eigenvalue weighted by molar-refractivity contribution is 4.82. The van der Waals surface area contributed by atoms with Gasteiger partial charge in [-0.25, -0.2) is 0 Å². The monoisotopic (exact) mass is 208 g/mol. The molecule has 0 spiro atoms. The van der Waals surface area contributed by atoms with E-state index in [4.69, 9.17) is 10.00 Å². The number of likely N-dealkylation sites (tertiary alicyclic amines) is 1. The Balaban J connectivity index is 1.74. The lowest BCUT2D eigenvalue weighted by atomic mass is 9.95. The summed E-state index contributed by atoms with van der Waals surface area (Å²) >= 11 is 0. The van der Waals surface area contributed by atoms with E-state index in [1.807, 2.05) is 0 Å². The standard InChI is InChI=1S/C12H20N2O/c13-6-5-11-3-1-7-14(9-11)10-12-4-2-8-15-12/h11-12H,1-5,7-10H2. The summed E-state index contributed by atoms with van der Waals surface area (Å²) < 4.78 is 5.64. The Hall–Kier alpha value is -0.590. The molecule has 2 saturated heterocycles. The lowest BCUT2D eigenvalue weighted by molar-refractivity contribution is 0.0571. The highest BCUT2D eigenvalue weighted by Crippen LogP contribution is 2.21. The summed E-state index contributed by atoms with van der Waals surface area (Å²) in [5.41, 5.74) is 0. The van der Waals surface area contributed by atoms with Crippen LogP contribution < -0.4 is 0 Å². The molecular weight excluding hydrogens is 188 g/mol. The molecule has 84 valence electrons. The number of nitrogens with zero attached hydrogens (tertiary/aromatic N) is 2. The number of rotatable bonds is 3. The molecule has 0 radical (unpaired) electrons. The van der Waals surface area contributed by atoms with Gasteiger partial charge in [-0.1, -0.05) is 0 Å². The second-order valence-corrected chi connectivity index (χ2v) is 4.77. The summed E-state index contributed by atoms with van der Waals surface area (Å²) in [6, 6.07) is 2.29. The Labute approximate surface area is 92.0 Å². The van der Waals surface area contributed by atoms with Crippen molar-refractivity contribution in [3.05, 3.63) is 0 Å². The largest absolute Gasteiger partial charge is 0.377 e. The Morgan fingerprint density at radius 2 is 2.27 bits per heavy atom. The minimum absolute atomic E-state index is 0.464. The molecule has 2 aliphatic rings. The quantitative estimate of drug-likeness (QED) is 0.709. The van der Waals surface area contributed by atoms with Gasteiger partial charge >= 0.3 is 0 Å². The first kappa shape index (κ1) is 10.9. The second-order valence-electron chi connectivity index (χ2n) is 4.77. The van der Waals surface area contributed by atoms with Crippen LogP contribution >= 0.6 is 0 Å². The molecule has 3 heteroatoms. The molecule has 2 heterocycles. The van der Waals surface area contributed by atoms with Gasteiger partial charge in [0.1, 0.15) is 0 Å². The highest BCUT2D eigenvalue weighted by Gasteiger charge is 2.24. The maximum absolute atomic E-state index is 8.70. The van der Waals surface area contributed by atoms with Crippen molar-refractivity contribution in [1.82, 2.24) is 4.90 Å². The van der Waals surface area contributed by atoms with Crippen molar-refractivity contribution in [1.29, 1.82) is 5.26 Å². The first-order valence-electron chi connectivity index (χ1n) is 6.09. The van der Waals surface area contributed by atoms with Crippen molar-refractivity contribution in [2.75, 3.05) is 26.2 Å². The van der Waals surface area contributed by atoms with Crippen molar-refractivity contribution >= 4 is 0 Å². The molecule has 2 rings (SSSR count). The maximum atomic E-state index is 8.70. The zero-order chi connectivity index (χ0) is 10.5. The van der Waals surface area contributed by atoms with Gasteiger partial charge in [-0.3, -0.25) is 0 Å². The molecule has 0 aliphatic carbocycles. The molecule has 0 aromatic carbocycles. The fourth-order valence-corrected chi connectivity index (χ4v) is 2.69. The molecule has 2 aliphatic heterocycles. The summed E-state index contributed by atoms with van der Waals surface area (Å²) in [6.45, 7) is 4.33. The number of hydrogen-bond donors (Lipinski definition) is 0. The third-order valence-electron chi connectivity index (χ3n) is 3.47. The topological polar surface area (TPSA) is 36.3 Å². The van der Waals surface area contributed by atoms with E-state index in [1.165, 1.54) is 32.2 Å². The van der Waals surface area contributed by atoms with Crippen molar-refractivity contribution in [3.8, 4) is 6.07 Å². The van der Waals surface area contributed by atoms with E-state index in [0.717, 1.165) is 26.1 Å². The summed E-state index contributed by atoms with van der Waals surface area (Å²) in [4.78, 5) is 2.49. The van der Waals surface area contributed by atoms with Crippen molar-refractivity contribution in [2.24, 2.45) is 5.92 Å². The molecular formula is C12H20N2O. The van der Waals surface area contributed by atoms with E-state index in [2.05, 4.69) is 11.0 Å². The van der Waals surface area contributed by atoms with Gasteiger partial charge in [-0.05, 0) is 38.1 Å². The van der Waals surface area contributed by atoms with E-state index in [9.17, 15) is 0 Å². The molecule has 0 aromatic heterocycles. The van der Waals surface area contributed by atoms with Crippen LogP contribution in [0.2, 0.25) is 0 Å². The van der Waals surface area contributed by atoms with Gasteiger partial charge in [0.05, 0.1) is 12.2 Å². The lowest BCUT2D eigenvalue weighted by Gasteiger charge is -2.33. The van der Waals surface area contributed by atoms with Crippen molar-refractivity contribution in [3.63, 3.8) is 0 Å². The fraction of sp³-hybridized carbons (Fsp3) is 0.917. The Morgan fingerprint density at radius 1 is 1.33 bits per heavy atom. The van der Waals surface area contributed by atoms with Crippen molar-refractivity contribution < 1.29 is 4.74 Å². The summed E-state index contributed by atoms with van der Waals surface area (Å²) in [5, 5.41) is 8.70. The minimum atomic E-state index is 0.464. The predicted octanol–water partition coefficient (Wildman–Crippen LogP) is 1.79. The number of nitriles is 1. The third kappa shape index (κ3) is 3.19. The smallest absolute Gasteiger partial charge is 0.0702 e. The molecule has 0 N–H and O–H groups in total. The van der Waals surface area contributed by atoms with Crippen LogP contribution in [0, 0.1) is 17.2 Å². The predicted molar refractivity (Wildman–Crippen MR) is 58.4 cm³/mol. The molecule has 15 heavy (non-hydrogen) atoms. The third-order valence-corrected chi connectivity index (χ3v) is 3.47. The highest BCUT2D eigenvalue weighted by atomic mass is 16.5. The molecule has 2 fully saturated rings. The number of piperidine rings is 1. The molecule has 0 aromatic rings. The van der Waals surface area contributed by atoms with Gasteiger partial charge in [0.15, 0.2) is 0 Å². The van der Waals surface area contributed by atoms with Gasteiger partial charge in [-0.2, -0.15) is 5.26 Å². The Bertz CT molecular complexity index is 230. The van der Waals surface area contributed by atoms with Gasteiger partial charge < -0.3 is 9.64 Å². The molecule has 2 atom stereocenters. The van der Waals surface area contributed by atoms with Crippen LogP contribution in [-0.2, 0) is 4.74 Å². The molecule has 0 amide bonds. The minimum Gasteiger partial charge on any atom is -0.377 e. The van der Waals surface area contributed by atoms with Gasteiger partial charge in [0.2, 0.25) is 0 Å². The SMILES string of the molecule is N#CCC1CCCN(CC2CCCO2)C1. The number of hydrogen-bond acceptors (Lipinski definition) is 3. The summed E-state index contributed by atoms with van der Waals surface area (Å²) in [6.07, 6.45) is 6.11. The molecule has 2 unspecified atom stereocenters. The van der Waals surface area contributed by atoms with Crippen LogP contribution in [0.3, 0.4) is 0 Å². The molecule has 3 nitrogen and oxygen atoms in total. The van der Waals surface area contributed by atoms with Crippen LogP contribution in [0.4, 0.5) is 0 Å². The van der Waals surface area contributed by atoms with Crippen LogP contribution in [0.5, 0.6) is 0 Å². The van der Waals surface area contributed by atoms with Gasteiger partial charge in [-0.15, -0.1) is 0 Å². The lowest BCUT2D eigenvalue weighted by Crippen LogP contribution is -2.39. The maximum Gasteiger partial charge on any atom is 0.0702 e. The van der Waals surface area contributed by atoms with Crippen LogP contribution in [0.15, 0.2) is 0 Å². The first-order valence-corrected chi connectivity index (χ1v) is 6.09. The van der Waals surface area contributed by atoms with E-state index in [0.29, 0.717) is 12.0 Å². The average Bonchev–Trinajstić information content (AvgIpc) is 2.71.